The van der Waals surface area contributed by atoms with Crippen LogP contribution in [0.25, 0.3) is 11.0 Å². The van der Waals surface area contributed by atoms with Crippen LogP contribution in [0.1, 0.15) is 5.82 Å². The number of nitrogens with zero attached hydrogens (tertiary/aromatic N) is 1. The van der Waals surface area contributed by atoms with Crippen LogP contribution in [0.15, 0.2) is 18.2 Å². The number of amides is 1. The van der Waals surface area contributed by atoms with E-state index in [1.54, 1.807) is 0 Å². The van der Waals surface area contributed by atoms with Crippen molar-refractivity contribution < 1.29 is 31.1 Å². The van der Waals surface area contributed by atoms with Crippen molar-refractivity contribution in [3.05, 3.63) is 24.0 Å². The Morgan fingerprint density at radius 2 is 1.80 bits per heavy atom. The molecule has 0 saturated carbocycles. The van der Waals surface area contributed by atoms with Gasteiger partial charge < -0.3 is 10.3 Å². The molecule has 1 aromatic heterocycles. The van der Waals surface area contributed by atoms with E-state index in [0.29, 0.717) is 0 Å². The van der Waals surface area contributed by atoms with Crippen molar-refractivity contribution in [1.82, 2.24) is 9.97 Å². The molecule has 0 radical (unpaired) electrons. The highest BCUT2D eigenvalue weighted by molar-refractivity contribution is 6.01. The Balaban J connectivity index is 2.45. The molecule has 0 aliphatic rings. The molecule has 2 rings (SSSR count). The molecule has 1 aromatic carbocycles. The van der Waals surface area contributed by atoms with Crippen LogP contribution in [-0.4, -0.2) is 22.1 Å². The van der Waals surface area contributed by atoms with E-state index in [9.17, 15) is 31.1 Å². The fourth-order valence-electron chi connectivity index (χ4n) is 1.46. The van der Waals surface area contributed by atoms with Gasteiger partial charge in [0.25, 0.3) is 0 Å². The average molecular weight is 297 g/mol. The molecule has 1 amide bonds. The normalized spacial score (nSPS) is 12.7. The number of carbonyl (C=O) groups is 1. The first-order chi connectivity index (χ1) is 9.09. The minimum atomic E-state index is -5.15. The molecule has 0 bridgehead atoms. The second-order valence-electron chi connectivity index (χ2n) is 3.74. The van der Waals surface area contributed by atoms with E-state index in [4.69, 9.17) is 0 Å². The number of halogens is 6. The number of alkyl halides is 6. The lowest BCUT2D eigenvalue weighted by Crippen LogP contribution is -2.30. The topological polar surface area (TPSA) is 57.8 Å². The first kappa shape index (κ1) is 14.2. The zero-order chi connectivity index (χ0) is 15.1. The summed E-state index contributed by atoms with van der Waals surface area (Å²) < 4.78 is 73.7. The van der Waals surface area contributed by atoms with Gasteiger partial charge in [-0.05, 0) is 12.1 Å². The predicted octanol–water partition coefficient (Wildman–Crippen LogP) is 3.08. The summed E-state index contributed by atoms with van der Waals surface area (Å²) in [6.07, 6.45) is -9.92. The zero-order valence-corrected chi connectivity index (χ0v) is 9.36. The molecule has 0 saturated heterocycles. The van der Waals surface area contributed by atoms with Crippen molar-refractivity contribution >= 4 is 22.6 Å². The molecule has 0 fully saturated rings. The lowest BCUT2D eigenvalue weighted by atomic mass is 10.2. The standard InChI is InChI=1S/C10H5F6N3O/c11-9(12,13)7-17-4-2-1-3-5(6(4)19-7)18-8(20)10(14,15)16/h1-3H,(H,17,19)(H,18,20). The lowest BCUT2D eigenvalue weighted by Gasteiger charge is -2.07. The minimum Gasteiger partial charge on any atom is -0.334 e. The van der Waals surface area contributed by atoms with Gasteiger partial charge in [0.05, 0.1) is 11.2 Å². The number of H-pyrrole nitrogens is 1. The number of carbonyl (C=O) groups excluding carboxylic acids is 1. The number of imidazole rings is 1. The van der Waals surface area contributed by atoms with E-state index in [2.05, 4.69) is 4.98 Å². The summed E-state index contributed by atoms with van der Waals surface area (Å²) in [4.78, 5) is 15.9. The number of benzene rings is 1. The van der Waals surface area contributed by atoms with Crippen molar-refractivity contribution in [2.24, 2.45) is 0 Å². The highest BCUT2D eigenvalue weighted by Crippen LogP contribution is 2.31. The van der Waals surface area contributed by atoms with E-state index >= 15 is 0 Å². The second kappa shape index (κ2) is 4.39. The summed E-state index contributed by atoms with van der Waals surface area (Å²) in [6, 6.07) is 3.40. The Bertz CT molecular complexity index is 657. The van der Waals surface area contributed by atoms with Gasteiger partial charge in [0.1, 0.15) is 5.52 Å². The third-order valence-electron chi connectivity index (χ3n) is 2.29. The molecule has 2 N–H and O–H groups in total. The number of anilines is 1. The molecular weight excluding hydrogens is 292 g/mol. The maximum atomic E-state index is 12.4. The smallest absolute Gasteiger partial charge is 0.334 e. The summed E-state index contributed by atoms with van der Waals surface area (Å²) >= 11 is 0. The maximum Gasteiger partial charge on any atom is 0.471 e. The molecular formula is C10H5F6N3O. The van der Waals surface area contributed by atoms with E-state index in [1.165, 1.54) is 17.4 Å². The minimum absolute atomic E-state index is 0.141. The summed E-state index contributed by atoms with van der Waals surface area (Å²) in [5, 5.41) is 1.48. The number of nitrogens with one attached hydrogen (secondary N) is 2. The van der Waals surface area contributed by atoms with Crippen molar-refractivity contribution in [2.45, 2.75) is 12.4 Å². The van der Waals surface area contributed by atoms with Crippen LogP contribution < -0.4 is 5.32 Å². The summed E-state index contributed by atoms with van der Waals surface area (Å²) in [5.41, 5.74) is -1.01. The molecule has 4 nitrogen and oxygen atoms in total. The first-order valence-electron chi connectivity index (χ1n) is 5.03. The Morgan fingerprint density at radius 1 is 1.15 bits per heavy atom. The van der Waals surface area contributed by atoms with Gasteiger partial charge in [-0.3, -0.25) is 4.79 Å². The number of aromatic nitrogens is 2. The van der Waals surface area contributed by atoms with Crippen LogP contribution in [0.5, 0.6) is 0 Å². The van der Waals surface area contributed by atoms with Crippen LogP contribution in [0.3, 0.4) is 0 Å². The van der Waals surface area contributed by atoms with Gasteiger partial charge in [-0.1, -0.05) is 6.07 Å². The van der Waals surface area contributed by atoms with Gasteiger partial charge in [-0.25, -0.2) is 4.98 Å². The molecule has 0 unspecified atom stereocenters. The molecule has 0 spiro atoms. The van der Waals surface area contributed by atoms with Gasteiger partial charge in [-0.2, -0.15) is 26.3 Å². The molecule has 1 heterocycles. The fraction of sp³-hybridized carbons (Fsp3) is 0.200. The molecule has 20 heavy (non-hydrogen) atoms. The molecule has 0 aliphatic heterocycles. The molecule has 0 atom stereocenters. The zero-order valence-electron chi connectivity index (χ0n) is 9.36. The average Bonchev–Trinajstić information content (AvgIpc) is 2.72. The van der Waals surface area contributed by atoms with Crippen LogP contribution in [0, 0.1) is 0 Å². The molecule has 108 valence electrons. The van der Waals surface area contributed by atoms with Crippen molar-refractivity contribution in [2.75, 3.05) is 5.32 Å². The quantitative estimate of drug-likeness (QED) is 0.795. The van der Waals surface area contributed by atoms with Crippen molar-refractivity contribution in [3.63, 3.8) is 0 Å². The lowest BCUT2D eigenvalue weighted by molar-refractivity contribution is -0.167. The van der Waals surface area contributed by atoms with Crippen LogP contribution >= 0.6 is 0 Å². The van der Waals surface area contributed by atoms with Gasteiger partial charge in [0.2, 0.25) is 5.82 Å². The number of rotatable bonds is 1. The van der Waals surface area contributed by atoms with Gasteiger partial charge in [0.15, 0.2) is 0 Å². The summed E-state index contributed by atoms with van der Waals surface area (Å²) in [5.74, 6) is -3.65. The summed E-state index contributed by atoms with van der Waals surface area (Å²) in [6.45, 7) is 0. The number of fused-ring (bicyclic) bond motifs is 1. The monoisotopic (exact) mass is 297 g/mol. The molecule has 2 aromatic rings. The number of aromatic amines is 1. The second-order valence-corrected chi connectivity index (χ2v) is 3.74. The third kappa shape index (κ3) is 2.68. The molecule has 0 aliphatic carbocycles. The van der Waals surface area contributed by atoms with Crippen molar-refractivity contribution in [3.8, 4) is 0 Å². The predicted molar refractivity (Wildman–Crippen MR) is 55.8 cm³/mol. The Morgan fingerprint density at radius 3 is 2.35 bits per heavy atom. The van der Waals surface area contributed by atoms with Crippen molar-refractivity contribution in [1.29, 1.82) is 0 Å². The van der Waals surface area contributed by atoms with Crippen LogP contribution in [0.2, 0.25) is 0 Å². The Hall–Kier alpha value is -2.26. The van der Waals surface area contributed by atoms with E-state index in [-0.39, 0.29) is 5.52 Å². The Labute approximate surface area is 106 Å². The molecule has 10 heteroatoms. The maximum absolute atomic E-state index is 12.4. The summed E-state index contributed by atoms with van der Waals surface area (Å²) in [7, 11) is 0. The number of para-hydroxylation sites is 1. The van der Waals surface area contributed by atoms with Crippen LogP contribution in [0.4, 0.5) is 32.0 Å². The van der Waals surface area contributed by atoms with Gasteiger partial charge in [-0.15, -0.1) is 0 Å². The first-order valence-corrected chi connectivity index (χ1v) is 5.03. The third-order valence-corrected chi connectivity index (χ3v) is 2.29. The highest BCUT2D eigenvalue weighted by atomic mass is 19.4. The fourth-order valence-corrected chi connectivity index (χ4v) is 1.46. The van der Waals surface area contributed by atoms with Gasteiger partial charge >= 0.3 is 18.3 Å². The van der Waals surface area contributed by atoms with Crippen LogP contribution in [-0.2, 0) is 11.0 Å². The van der Waals surface area contributed by atoms with Gasteiger partial charge in [0, 0.05) is 0 Å². The Kier molecular flexibility index (Phi) is 3.11. The number of hydrogen-bond acceptors (Lipinski definition) is 2. The highest BCUT2D eigenvalue weighted by Gasteiger charge is 2.39. The van der Waals surface area contributed by atoms with E-state index in [0.717, 1.165) is 6.07 Å². The largest absolute Gasteiger partial charge is 0.471 e. The van der Waals surface area contributed by atoms with E-state index < -0.39 is 35.3 Å². The van der Waals surface area contributed by atoms with E-state index in [1.807, 2.05) is 4.98 Å². The number of hydrogen-bond donors (Lipinski definition) is 2. The SMILES string of the molecule is O=C(Nc1cccc2[nH]c(C(F)(F)F)nc12)C(F)(F)F.